The molecule has 0 aromatic carbocycles. The predicted molar refractivity (Wildman–Crippen MR) is 74.2 cm³/mol. The summed E-state index contributed by atoms with van der Waals surface area (Å²) >= 11 is 3.24. The van der Waals surface area contributed by atoms with Crippen LogP contribution in [0.3, 0.4) is 0 Å². The minimum Gasteiger partial charge on any atom is -0.454 e. The van der Waals surface area contributed by atoms with Crippen molar-refractivity contribution in [2.24, 2.45) is 0 Å². The fourth-order valence-corrected chi connectivity index (χ4v) is 1.98. The maximum absolute atomic E-state index is 10.6. The number of anilines is 1. The van der Waals surface area contributed by atoms with Gasteiger partial charge in [-0.15, -0.1) is 0 Å². The number of aromatic nitrogens is 1. The Hall–Kier alpha value is -1.89. The lowest BCUT2D eigenvalue weighted by molar-refractivity contribution is -0.385. The highest BCUT2D eigenvalue weighted by molar-refractivity contribution is 9.10. The van der Waals surface area contributed by atoms with Crippen molar-refractivity contribution in [3.05, 3.63) is 50.5 Å². The van der Waals surface area contributed by atoms with Crippen LogP contribution in [0, 0.1) is 17.0 Å². The molecule has 0 bridgehead atoms. The second-order valence-electron chi connectivity index (χ2n) is 4.00. The Labute approximate surface area is 118 Å². The third kappa shape index (κ3) is 3.54. The maximum Gasteiger partial charge on any atom is 0.287 e. The van der Waals surface area contributed by atoms with Gasteiger partial charge in [0.05, 0.1) is 4.92 Å². The predicted octanol–water partition coefficient (Wildman–Crippen LogP) is 3.31. The lowest BCUT2D eigenvalue weighted by atomic mass is 10.2. The SMILES string of the molecule is Cc1cc([N+](=O)[O-])cnc1NCCc1ccc(Br)o1. The number of halogens is 1. The maximum atomic E-state index is 10.6. The summed E-state index contributed by atoms with van der Waals surface area (Å²) < 4.78 is 6.07. The number of nitrogens with zero attached hydrogens (tertiary/aromatic N) is 2. The lowest BCUT2D eigenvalue weighted by Gasteiger charge is -2.06. The summed E-state index contributed by atoms with van der Waals surface area (Å²) in [5, 5.41) is 13.7. The van der Waals surface area contributed by atoms with E-state index in [2.05, 4.69) is 26.2 Å². The molecule has 0 unspecified atom stereocenters. The van der Waals surface area contributed by atoms with E-state index < -0.39 is 4.92 Å². The summed E-state index contributed by atoms with van der Waals surface area (Å²) in [4.78, 5) is 14.2. The van der Waals surface area contributed by atoms with E-state index in [0.29, 0.717) is 23.5 Å². The van der Waals surface area contributed by atoms with Crippen molar-refractivity contribution in [2.75, 3.05) is 11.9 Å². The summed E-state index contributed by atoms with van der Waals surface area (Å²) in [6.07, 6.45) is 1.96. The fraction of sp³-hybridized carbons (Fsp3) is 0.250. The quantitative estimate of drug-likeness (QED) is 0.673. The van der Waals surface area contributed by atoms with Crippen LogP contribution in [0.5, 0.6) is 0 Å². The van der Waals surface area contributed by atoms with Crippen LogP contribution in [0.2, 0.25) is 0 Å². The van der Waals surface area contributed by atoms with Gasteiger partial charge in [-0.25, -0.2) is 4.98 Å². The van der Waals surface area contributed by atoms with Crippen molar-refractivity contribution < 1.29 is 9.34 Å². The molecule has 0 aliphatic rings. The van der Waals surface area contributed by atoms with E-state index in [9.17, 15) is 10.1 Å². The van der Waals surface area contributed by atoms with E-state index >= 15 is 0 Å². The molecule has 1 N–H and O–H groups in total. The monoisotopic (exact) mass is 325 g/mol. The number of furan rings is 1. The molecule has 100 valence electrons. The summed E-state index contributed by atoms with van der Waals surface area (Å²) in [5.74, 6) is 1.51. The zero-order chi connectivity index (χ0) is 13.8. The zero-order valence-corrected chi connectivity index (χ0v) is 11.8. The minimum absolute atomic E-state index is 0.00184. The van der Waals surface area contributed by atoms with Gasteiger partial charge in [0.2, 0.25) is 0 Å². The van der Waals surface area contributed by atoms with Crippen LogP contribution in [-0.2, 0) is 6.42 Å². The Bertz CT molecular complexity index is 598. The molecular weight excluding hydrogens is 314 g/mol. The summed E-state index contributed by atoms with van der Waals surface area (Å²) in [6.45, 7) is 2.43. The van der Waals surface area contributed by atoms with Crippen LogP contribution < -0.4 is 5.32 Å². The first kappa shape index (κ1) is 13.5. The number of nitrogens with one attached hydrogen (secondary N) is 1. The molecule has 2 aromatic rings. The molecular formula is C12H12BrN3O3. The summed E-state index contributed by atoms with van der Waals surface area (Å²) in [5.41, 5.74) is 0.743. The number of rotatable bonds is 5. The molecule has 0 atom stereocenters. The first-order valence-corrected chi connectivity index (χ1v) is 6.44. The first-order chi connectivity index (χ1) is 9.06. The summed E-state index contributed by atoms with van der Waals surface area (Å²) in [7, 11) is 0. The first-order valence-electron chi connectivity index (χ1n) is 5.65. The normalized spacial score (nSPS) is 10.4. The van der Waals surface area contributed by atoms with Crippen LogP contribution >= 0.6 is 15.9 Å². The topological polar surface area (TPSA) is 81.2 Å². The van der Waals surface area contributed by atoms with Crippen molar-refractivity contribution in [1.82, 2.24) is 4.98 Å². The Morgan fingerprint density at radius 3 is 2.89 bits per heavy atom. The van der Waals surface area contributed by atoms with Gasteiger partial charge in [-0.2, -0.15) is 0 Å². The van der Waals surface area contributed by atoms with Gasteiger partial charge in [-0.1, -0.05) is 0 Å². The van der Waals surface area contributed by atoms with Crippen molar-refractivity contribution in [3.8, 4) is 0 Å². The van der Waals surface area contributed by atoms with E-state index in [1.807, 2.05) is 12.1 Å². The van der Waals surface area contributed by atoms with Crippen molar-refractivity contribution in [2.45, 2.75) is 13.3 Å². The molecule has 2 rings (SSSR count). The Morgan fingerprint density at radius 2 is 2.32 bits per heavy atom. The van der Waals surface area contributed by atoms with Crippen molar-refractivity contribution in [1.29, 1.82) is 0 Å². The van der Waals surface area contributed by atoms with Crippen LogP contribution in [-0.4, -0.2) is 16.5 Å². The molecule has 6 nitrogen and oxygen atoms in total. The van der Waals surface area contributed by atoms with Crippen LogP contribution in [0.4, 0.5) is 11.5 Å². The van der Waals surface area contributed by atoms with Crippen molar-refractivity contribution in [3.63, 3.8) is 0 Å². The van der Waals surface area contributed by atoms with E-state index in [1.165, 1.54) is 12.3 Å². The lowest BCUT2D eigenvalue weighted by Crippen LogP contribution is -2.07. The molecule has 2 aromatic heterocycles. The van der Waals surface area contributed by atoms with Gasteiger partial charge in [-0.05, 0) is 40.5 Å². The van der Waals surface area contributed by atoms with Crippen molar-refractivity contribution >= 4 is 27.4 Å². The van der Waals surface area contributed by atoms with Gasteiger partial charge in [-0.3, -0.25) is 10.1 Å². The highest BCUT2D eigenvalue weighted by Gasteiger charge is 2.09. The van der Waals surface area contributed by atoms with Gasteiger partial charge in [0.25, 0.3) is 5.69 Å². The molecule has 0 saturated carbocycles. The molecule has 0 radical (unpaired) electrons. The third-order valence-electron chi connectivity index (χ3n) is 2.57. The average Bonchev–Trinajstić information content (AvgIpc) is 2.77. The van der Waals surface area contributed by atoms with E-state index in [0.717, 1.165) is 11.3 Å². The van der Waals surface area contributed by atoms with Gasteiger partial charge in [0.1, 0.15) is 17.8 Å². The van der Waals surface area contributed by atoms with E-state index in [-0.39, 0.29) is 5.69 Å². The number of hydrogen-bond acceptors (Lipinski definition) is 5. The largest absolute Gasteiger partial charge is 0.454 e. The van der Waals surface area contributed by atoms with E-state index in [1.54, 1.807) is 6.92 Å². The Kier molecular flexibility index (Phi) is 4.16. The third-order valence-corrected chi connectivity index (χ3v) is 2.99. The molecule has 19 heavy (non-hydrogen) atoms. The molecule has 0 fully saturated rings. The van der Waals surface area contributed by atoms with Gasteiger partial charge < -0.3 is 9.73 Å². The zero-order valence-electron chi connectivity index (χ0n) is 10.2. The van der Waals surface area contributed by atoms with Crippen LogP contribution in [0.25, 0.3) is 0 Å². The molecule has 2 heterocycles. The second kappa shape index (κ2) is 5.83. The molecule has 0 aliphatic carbocycles. The Balaban J connectivity index is 1.94. The Morgan fingerprint density at radius 1 is 1.53 bits per heavy atom. The molecule has 7 heteroatoms. The van der Waals surface area contributed by atoms with Gasteiger partial charge >= 0.3 is 0 Å². The molecule has 0 aliphatic heterocycles. The van der Waals surface area contributed by atoms with E-state index in [4.69, 9.17) is 4.42 Å². The minimum atomic E-state index is -0.454. The van der Waals surface area contributed by atoms with Gasteiger partial charge in [0.15, 0.2) is 4.67 Å². The molecule has 0 amide bonds. The standard InChI is InChI=1S/C12H12BrN3O3/c1-8-6-9(16(17)18)7-15-12(8)14-5-4-10-2-3-11(13)19-10/h2-3,6-7H,4-5H2,1H3,(H,14,15). The van der Waals surface area contributed by atoms with Crippen LogP contribution in [0.1, 0.15) is 11.3 Å². The summed E-state index contributed by atoms with van der Waals surface area (Å²) in [6, 6.07) is 5.23. The number of pyridine rings is 1. The number of nitro groups is 1. The highest BCUT2D eigenvalue weighted by atomic mass is 79.9. The smallest absolute Gasteiger partial charge is 0.287 e. The van der Waals surface area contributed by atoms with Gasteiger partial charge in [0, 0.05) is 19.0 Å². The van der Waals surface area contributed by atoms with Crippen LogP contribution in [0.15, 0.2) is 33.5 Å². The second-order valence-corrected chi connectivity index (χ2v) is 4.78. The fourth-order valence-electron chi connectivity index (χ4n) is 1.64. The number of aryl methyl sites for hydroxylation is 1. The number of hydrogen-bond donors (Lipinski definition) is 1. The molecule has 0 saturated heterocycles. The average molecular weight is 326 g/mol. The molecule has 0 spiro atoms. The highest BCUT2D eigenvalue weighted by Crippen LogP contribution is 2.18.